The SMILES string of the molecule is COC(=O)c1ccccc1NC(=O)N1CCN(Cc2cc(=O)n3nc(-c4ccccc4C)sc3n2)CC1. The van der Waals surface area contributed by atoms with Crippen molar-refractivity contribution in [1.29, 1.82) is 0 Å². The molecule has 2 amide bonds. The number of benzene rings is 2. The number of fused-ring (bicyclic) bond motifs is 1. The highest BCUT2D eigenvalue weighted by Gasteiger charge is 2.23. The topological polar surface area (TPSA) is 109 Å². The van der Waals surface area contributed by atoms with E-state index >= 15 is 0 Å². The minimum Gasteiger partial charge on any atom is -0.465 e. The first-order chi connectivity index (χ1) is 17.9. The summed E-state index contributed by atoms with van der Waals surface area (Å²) in [4.78, 5) is 46.6. The lowest BCUT2D eigenvalue weighted by Crippen LogP contribution is -2.49. The number of carbonyl (C=O) groups is 2. The van der Waals surface area contributed by atoms with Crippen molar-refractivity contribution in [2.24, 2.45) is 0 Å². The van der Waals surface area contributed by atoms with Gasteiger partial charge in [-0.1, -0.05) is 47.7 Å². The Bertz CT molecular complexity index is 1520. The predicted octanol–water partition coefficient (Wildman–Crippen LogP) is 3.26. The summed E-state index contributed by atoms with van der Waals surface area (Å²) in [6.07, 6.45) is 0. The van der Waals surface area contributed by atoms with Gasteiger partial charge in [0.1, 0.15) is 5.01 Å². The van der Waals surface area contributed by atoms with Crippen LogP contribution in [-0.2, 0) is 11.3 Å². The van der Waals surface area contributed by atoms with Crippen molar-refractivity contribution in [2.45, 2.75) is 13.5 Å². The molecule has 0 spiro atoms. The van der Waals surface area contributed by atoms with Crippen LogP contribution in [0.25, 0.3) is 15.5 Å². The van der Waals surface area contributed by atoms with Crippen LogP contribution in [0, 0.1) is 6.92 Å². The number of nitrogens with one attached hydrogen (secondary N) is 1. The van der Waals surface area contributed by atoms with Gasteiger partial charge in [0, 0.05) is 44.4 Å². The maximum Gasteiger partial charge on any atom is 0.339 e. The van der Waals surface area contributed by atoms with Crippen LogP contribution in [0.5, 0.6) is 0 Å². The molecule has 1 aliphatic rings. The summed E-state index contributed by atoms with van der Waals surface area (Å²) in [5, 5.41) is 8.05. The van der Waals surface area contributed by atoms with Gasteiger partial charge in [0.15, 0.2) is 0 Å². The van der Waals surface area contributed by atoms with Crippen LogP contribution in [0.3, 0.4) is 0 Å². The number of amides is 2. The Morgan fingerprint density at radius 2 is 1.78 bits per heavy atom. The number of aromatic nitrogens is 3. The molecule has 0 atom stereocenters. The van der Waals surface area contributed by atoms with Crippen molar-refractivity contribution in [1.82, 2.24) is 24.4 Å². The minimum absolute atomic E-state index is 0.210. The molecular formula is C26H26N6O4S. The van der Waals surface area contributed by atoms with E-state index in [4.69, 9.17) is 9.72 Å². The Labute approximate surface area is 217 Å². The van der Waals surface area contributed by atoms with Crippen LogP contribution in [0.1, 0.15) is 21.6 Å². The number of para-hydroxylation sites is 1. The van der Waals surface area contributed by atoms with E-state index in [-0.39, 0.29) is 11.6 Å². The number of ether oxygens (including phenoxy) is 1. The molecule has 2 aromatic carbocycles. The molecule has 10 nitrogen and oxygen atoms in total. The molecule has 3 heterocycles. The van der Waals surface area contributed by atoms with E-state index in [1.807, 2.05) is 31.2 Å². The van der Waals surface area contributed by atoms with Gasteiger partial charge in [-0.3, -0.25) is 9.69 Å². The van der Waals surface area contributed by atoms with E-state index in [1.165, 1.54) is 29.0 Å². The van der Waals surface area contributed by atoms with Crippen molar-refractivity contribution >= 4 is 34.0 Å². The second kappa shape index (κ2) is 10.5. The molecule has 0 bridgehead atoms. The lowest BCUT2D eigenvalue weighted by atomic mass is 10.1. The summed E-state index contributed by atoms with van der Waals surface area (Å²) in [5.74, 6) is -0.506. The summed E-state index contributed by atoms with van der Waals surface area (Å²) >= 11 is 1.39. The number of piperazine rings is 1. The maximum absolute atomic E-state index is 12.8. The Morgan fingerprint density at radius 3 is 2.54 bits per heavy atom. The first kappa shape index (κ1) is 24.6. The monoisotopic (exact) mass is 518 g/mol. The molecule has 1 fully saturated rings. The van der Waals surface area contributed by atoms with Crippen molar-refractivity contribution in [3.05, 3.63) is 81.8 Å². The van der Waals surface area contributed by atoms with Crippen molar-refractivity contribution in [3.8, 4) is 10.6 Å². The zero-order valence-electron chi connectivity index (χ0n) is 20.5. The van der Waals surface area contributed by atoms with Crippen LogP contribution in [-0.4, -0.2) is 69.7 Å². The molecule has 1 aliphatic heterocycles. The van der Waals surface area contributed by atoms with Gasteiger partial charge in [-0.15, -0.1) is 0 Å². The average Bonchev–Trinajstić information content (AvgIpc) is 3.34. The normalized spacial score (nSPS) is 14.1. The molecule has 2 aromatic heterocycles. The minimum atomic E-state index is -0.506. The van der Waals surface area contributed by atoms with E-state index in [1.54, 1.807) is 29.2 Å². The number of anilines is 1. The second-order valence-electron chi connectivity index (χ2n) is 8.73. The van der Waals surface area contributed by atoms with Crippen LogP contribution in [0.15, 0.2) is 59.4 Å². The van der Waals surface area contributed by atoms with E-state index in [0.717, 1.165) is 16.1 Å². The number of esters is 1. The second-order valence-corrected chi connectivity index (χ2v) is 9.69. The highest BCUT2D eigenvalue weighted by Crippen LogP contribution is 2.27. The Hall–Kier alpha value is -4.09. The van der Waals surface area contributed by atoms with E-state index in [2.05, 4.69) is 15.3 Å². The fourth-order valence-corrected chi connectivity index (χ4v) is 5.29. The van der Waals surface area contributed by atoms with Gasteiger partial charge in [0.2, 0.25) is 4.96 Å². The number of methoxy groups -OCH3 is 1. The number of hydrogen-bond donors (Lipinski definition) is 1. The zero-order chi connectivity index (χ0) is 25.9. The number of nitrogens with zero attached hydrogens (tertiary/aromatic N) is 5. The molecule has 5 rings (SSSR count). The smallest absolute Gasteiger partial charge is 0.339 e. The number of rotatable bonds is 5. The number of hydrogen-bond acceptors (Lipinski definition) is 8. The molecule has 0 radical (unpaired) electrons. The third-order valence-corrected chi connectivity index (χ3v) is 7.23. The molecule has 37 heavy (non-hydrogen) atoms. The first-order valence-electron chi connectivity index (χ1n) is 11.8. The summed E-state index contributed by atoms with van der Waals surface area (Å²) in [6.45, 7) is 4.79. The number of urea groups is 1. The first-order valence-corrected chi connectivity index (χ1v) is 12.7. The molecule has 0 unspecified atom stereocenters. The van der Waals surface area contributed by atoms with Crippen LogP contribution >= 0.6 is 11.3 Å². The Morgan fingerprint density at radius 1 is 1.05 bits per heavy atom. The zero-order valence-corrected chi connectivity index (χ0v) is 21.3. The van der Waals surface area contributed by atoms with E-state index in [9.17, 15) is 14.4 Å². The highest BCUT2D eigenvalue weighted by molar-refractivity contribution is 7.19. The molecule has 4 aromatic rings. The molecular weight excluding hydrogens is 492 g/mol. The van der Waals surface area contributed by atoms with Gasteiger partial charge in [-0.25, -0.2) is 14.6 Å². The van der Waals surface area contributed by atoms with Gasteiger partial charge in [-0.05, 0) is 24.6 Å². The largest absolute Gasteiger partial charge is 0.465 e. The van der Waals surface area contributed by atoms with Gasteiger partial charge in [-0.2, -0.15) is 9.61 Å². The number of aryl methyl sites for hydroxylation is 1. The lowest BCUT2D eigenvalue weighted by molar-refractivity contribution is 0.0602. The molecule has 1 saturated heterocycles. The lowest BCUT2D eigenvalue weighted by Gasteiger charge is -2.34. The molecule has 0 saturated carbocycles. The third-order valence-electron chi connectivity index (χ3n) is 6.29. The van der Waals surface area contributed by atoms with Crippen LogP contribution in [0.4, 0.5) is 10.5 Å². The average molecular weight is 519 g/mol. The highest BCUT2D eigenvalue weighted by atomic mass is 32.1. The molecule has 1 N–H and O–H groups in total. The van der Waals surface area contributed by atoms with Crippen molar-refractivity contribution < 1.29 is 14.3 Å². The molecule has 11 heteroatoms. The summed E-state index contributed by atoms with van der Waals surface area (Å²) < 4.78 is 6.15. The summed E-state index contributed by atoms with van der Waals surface area (Å²) in [6, 6.07) is 15.9. The fraction of sp³-hybridized carbons (Fsp3) is 0.269. The molecule has 190 valence electrons. The number of carbonyl (C=O) groups excluding carboxylic acids is 2. The Balaban J connectivity index is 1.23. The van der Waals surface area contributed by atoms with Crippen LogP contribution < -0.4 is 10.9 Å². The Kier molecular flexibility index (Phi) is 6.97. The van der Waals surface area contributed by atoms with Gasteiger partial charge in [0.25, 0.3) is 5.56 Å². The van der Waals surface area contributed by atoms with Crippen molar-refractivity contribution in [2.75, 3.05) is 38.6 Å². The summed E-state index contributed by atoms with van der Waals surface area (Å²) in [5.41, 5.74) is 3.26. The standard InChI is InChI=1S/C26H26N6O4S/c1-17-7-3-4-8-19(17)23-29-32-22(33)15-18(27-26(32)37-23)16-30-11-13-31(14-12-30)25(35)28-21-10-6-5-9-20(21)24(34)36-2/h3-10,15H,11-14,16H2,1-2H3,(H,28,35). The predicted molar refractivity (Wildman–Crippen MR) is 141 cm³/mol. The van der Waals surface area contributed by atoms with Gasteiger partial charge < -0.3 is 15.0 Å². The third kappa shape index (κ3) is 5.23. The molecule has 0 aliphatic carbocycles. The van der Waals surface area contributed by atoms with Crippen molar-refractivity contribution in [3.63, 3.8) is 0 Å². The van der Waals surface area contributed by atoms with Gasteiger partial charge >= 0.3 is 12.0 Å². The fourth-order valence-electron chi connectivity index (χ4n) is 4.27. The summed E-state index contributed by atoms with van der Waals surface area (Å²) in [7, 11) is 1.30. The van der Waals surface area contributed by atoms with E-state index < -0.39 is 5.97 Å². The maximum atomic E-state index is 12.8. The quantitative estimate of drug-likeness (QED) is 0.404. The van der Waals surface area contributed by atoms with E-state index in [0.29, 0.717) is 54.6 Å². The van der Waals surface area contributed by atoms with Crippen LogP contribution in [0.2, 0.25) is 0 Å². The van der Waals surface area contributed by atoms with Gasteiger partial charge in [0.05, 0.1) is 24.1 Å².